The summed E-state index contributed by atoms with van der Waals surface area (Å²) in [5, 5.41) is 62.1. The van der Waals surface area contributed by atoms with Crippen molar-refractivity contribution in [1.82, 2.24) is 0 Å². The second kappa shape index (κ2) is 42.4. The second-order valence-corrected chi connectivity index (χ2v) is 6.11. The molecular formula is C20H36N8O12Zr. The van der Waals surface area contributed by atoms with E-state index >= 15 is 0 Å². The Bertz CT molecular complexity index is 699. The van der Waals surface area contributed by atoms with E-state index in [9.17, 15) is 58.8 Å². The summed E-state index contributed by atoms with van der Waals surface area (Å²) in [6, 6.07) is 0. The van der Waals surface area contributed by atoms with Crippen LogP contribution in [0.5, 0.6) is 0 Å². The standard InChI is InChI=1S/4C3H4O3.4C2H6N2.Zr/c4*1-2(4)3(5)6;4*1-2(3)4;/h4*1H3,(H,5,6);4*1H3,(H3,3,4);/q;;;;;;;;+4/p-4. The third kappa shape index (κ3) is 306. The number of amidine groups is 4. The smallest absolute Gasteiger partial charge is 0.542 e. The van der Waals surface area contributed by atoms with Crippen LogP contribution < -0.4 is 43.4 Å². The van der Waals surface area contributed by atoms with Crippen LogP contribution >= 0.6 is 0 Å². The first-order valence-corrected chi connectivity index (χ1v) is 9.60. The third-order valence-electron chi connectivity index (χ3n) is 1.15. The Labute approximate surface area is 255 Å². The quantitative estimate of drug-likeness (QED) is 0.0781. The summed E-state index contributed by atoms with van der Waals surface area (Å²) in [5.74, 6) is -9.59. The van der Waals surface area contributed by atoms with Gasteiger partial charge in [-0.2, -0.15) is 0 Å². The molecule has 0 radical (unpaired) electrons. The van der Waals surface area contributed by atoms with Crippen LogP contribution in [0.1, 0.15) is 55.4 Å². The normalized spacial score (nSPS) is 6.83. The first kappa shape index (κ1) is 60.7. The van der Waals surface area contributed by atoms with Crippen LogP contribution in [-0.2, 0) is 64.6 Å². The molecule has 0 aromatic rings. The van der Waals surface area contributed by atoms with E-state index in [2.05, 4.69) is 0 Å². The number of ketones is 4. The zero-order chi connectivity index (χ0) is 34.9. The number of carbonyl (C=O) groups excluding carboxylic acids is 8. The molecule has 12 N–H and O–H groups in total. The van der Waals surface area contributed by atoms with Gasteiger partial charge in [0, 0.05) is 27.7 Å². The molecule has 0 spiro atoms. The van der Waals surface area contributed by atoms with E-state index in [0.29, 0.717) is 0 Å². The summed E-state index contributed by atoms with van der Waals surface area (Å²) in [6.45, 7) is 9.87. The SMILES string of the molecule is CC(=N)N.CC(=N)N.CC(=N)N.CC(=N)N.CC(=O)C(=O)[O-].CC(=O)C(=O)[O-].CC(=O)C(=O)[O-].CC(=O)C(=O)[O-].[Zr+4]. The molecule has 0 bridgehead atoms. The van der Waals surface area contributed by atoms with Gasteiger partial charge in [0.15, 0.2) is 23.1 Å². The van der Waals surface area contributed by atoms with Crippen molar-refractivity contribution in [2.75, 3.05) is 0 Å². The maximum absolute atomic E-state index is 9.48. The molecule has 0 aromatic heterocycles. The Morgan fingerprint density at radius 2 is 0.390 bits per heavy atom. The number of nitrogens with two attached hydrogens (primary N) is 4. The predicted octanol–water partition coefficient (Wildman–Crippen LogP) is -6.93. The van der Waals surface area contributed by atoms with Gasteiger partial charge in [-0.05, 0) is 27.7 Å². The summed E-state index contributed by atoms with van der Waals surface area (Å²) in [6.07, 6.45) is 0. The van der Waals surface area contributed by atoms with Crippen LogP contribution in [0.25, 0.3) is 0 Å². The maximum atomic E-state index is 9.48. The zero-order valence-corrected chi connectivity index (χ0v) is 26.2. The molecule has 20 nitrogen and oxygen atoms in total. The van der Waals surface area contributed by atoms with E-state index in [-0.39, 0.29) is 49.5 Å². The van der Waals surface area contributed by atoms with Gasteiger partial charge >= 0.3 is 26.2 Å². The number of Topliss-reactive ketones (excluding diaryl/α,β-unsaturated/α-hetero) is 4. The summed E-state index contributed by atoms with van der Waals surface area (Å²) in [5.41, 5.74) is 18.8. The summed E-state index contributed by atoms with van der Waals surface area (Å²) in [4.78, 5) is 74.9. The molecule has 0 aliphatic rings. The van der Waals surface area contributed by atoms with Crippen molar-refractivity contribution in [2.24, 2.45) is 22.9 Å². The Hall–Kier alpha value is -4.68. The number of hydrogen-bond donors (Lipinski definition) is 8. The average molecular weight is 672 g/mol. The van der Waals surface area contributed by atoms with Gasteiger partial charge in [-0.3, -0.25) is 40.8 Å². The molecule has 0 aromatic carbocycles. The first-order chi connectivity index (χ1) is 17.5. The van der Waals surface area contributed by atoms with Crippen molar-refractivity contribution in [1.29, 1.82) is 21.6 Å². The molecule has 232 valence electrons. The van der Waals surface area contributed by atoms with Gasteiger partial charge in [-0.25, -0.2) is 0 Å². The van der Waals surface area contributed by atoms with E-state index in [4.69, 9.17) is 44.6 Å². The number of hydrogen-bond acceptors (Lipinski definition) is 16. The average Bonchev–Trinajstić information content (AvgIpc) is 2.67. The molecule has 0 fully saturated rings. The van der Waals surface area contributed by atoms with Crippen molar-refractivity contribution in [3.05, 3.63) is 0 Å². The number of carboxylic acid groups (broad SMARTS) is 4. The number of carbonyl (C=O) groups is 8. The van der Waals surface area contributed by atoms with Gasteiger partial charge in [0.1, 0.15) is 23.9 Å². The van der Waals surface area contributed by atoms with Gasteiger partial charge < -0.3 is 62.5 Å². The van der Waals surface area contributed by atoms with E-state index in [1.165, 1.54) is 27.7 Å². The Morgan fingerprint density at radius 3 is 0.390 bits per heavy atom. The minimum absolute atomic E-state index is 0. The molecule has 21 heteroatoms. The van der Waals surface area contributed by atoms with Crippen molar-refractivity contribution >= 4 is 70.4 Å². The predicted molar refractivity (Wildman–Crippen MR) is 133 cm³/mol. The fourth-order valence-electron chi connectivity index (χ4n) is 0. The van der Waals surface area contributed by atoms with Gasteiger partial charge in [-0.1, -0.05) is 0 Å². The van der Waals surface area contributed by atoms with Crippen molar-refractivity contribution in [3.63, 3.8) is 0 Å². The molecule has 0 unspecified atom stereocenters. The number of aliphatic carboxylic acids is 4. The van der Waals surface area contributed by atoms with Gasteiger partial charge in [-0.15, -0.1) is 0 Å². The Morgan fingerprint density at radius 1 is 0.366 bits per heavy atom. The maximum Gasteiger partial charge on any atom is 4.00 e. The molecular weight excluding hydrogens is 635 g/mol. The number of carboxylic acids is 4. The summed E-state index contributed by atoms with van der Waals surface area (Å²) < 4.78 is 0. The van der Waals surface area contributed by atoms with Crippen LogP contribution in [0.4, 0.5) is 0 Å². The molecule has 0 amide bonds. The van der Waals surface area contributed by atoms with Crippen LogP contribution in [0.15, 0.2) is 0 Å². The molecule has 0 saturated carbocycles. The molecule has 41 heavy (non-hydrogen) atoms. The molecule has 0 atom stereocenters. The van der Waals surface area contributed by atoms with Gasteiger partial charge in [0.05, 0.1) is 23.3 Å². The molecule has 0 rings (SSSR count). The fraction of sp³-hybridized carbons (Fsp3) is 0.400. The van der Waals surface area contributed by atoms with Crippen molar-refractivity contribution in [3.8, 4) is 0 Å². The van der Waals surface area contributed by atoms with Crippen molar-refractivity contribution in [2.45, 2.75) is 55.4 Å². The second-order valence-electron chi connectivity index (χ2n) is 6.11. The molecule has 0 heterocycles. The minimum Gasteiger partial charge on any atom is -0.542 e. The van der Waals surface area contributed by atoms with Crippen LogP contribution in [-0.4, -0.2) is 70.4 Å². The van der Waals surface area contributed by atoms with Crippen LogP contribution in [0.2, 0.25) is 0 Å². The molecule has 0 aliphatic heterocycles. The van der Waals surface area contributed by atoms with E-state index < -0.39 is 47.0 Å². The van der Waals surface area contributed by atoms with Crippen molar-refractivity contribution < 1.29 is 85.0 Å². The van der Waals surface area contributed by atoms with E-state index in [1.807, 2.05) is 0 Å². The van der Waals surface area contributed by atoms with Crippen LogP contribution in [0, 0.1) is 21.6 Å². The van der Waals surface area contributed by atoms with Gasteiger partial charge in [0.2, 0.25) is 0 Å². The number of nitrogens with one attached hydrogen (secondary N) is 4. The zero-order valence-electron chi connectivity index (χ0n) is 23.7. The van der Waals surface area contributed by atoms with Gasteiger partial charge in [0.25, 0.3) is 0 Å². The van der Waals surface area contributed by atoms with E-state index in [1.54, 1.807) is 0 Å². The summed E-state index contributed by atoms with van der Waals surface area (Å²) in [7, 11) is 0. The van der Waals surface area contributed by atoms with Crippen LogP contribution in [0.3, 0.4) is 0 Å². The minimum atomic E-state index is -1.63. The topological polar surface area (TPSA) is 428 Å². The fourth-order valence-corrected chi connectivity index (χ4v) is 0. The Balaban J connectivity index is -0.0000000409. The largest absolute Gasteiger partial charge is 4.00 e. The first-order valence-electron chi connectivity index (χ1n) is 9.60. The molecule has 0 saturated heterocycles. The van der Waals surface area contributed by atoms with E-state index in [0.717, 1.165) is 27.7 Å². The Kier molecular flexibility index (Phi) is 62.8. The third-order valence-corrected chi connectivity index (χ3v) is 1.15. The summed E-state index contributed by atoms with van der Waals surface area (Å²) >= 11 is 0. The number of rotatable bonds is 4. The molecule has 0 aliphatic carbocycles. The monoisotopic (exact) mass is 670 g/mol.